The molecule has 0 aromatic heterocycles. The van der Waals surface area contributed by atoms with Crippen molar-refractivity contribution in [3.8, 4) is 0 Å². The molecule has 3 unspecified atom stereocenters. The zero-order valence-electron chi connectivity index (χ0n) is 10.3. The molecule has 102 valence electrons. The minimum absolute atomic E-state index is 0.0180. The highest BCUT2D eigenvalue weighted by Crippen LogP contribution is 2.31. The van der Waals surface area contributed by atoms with Crippen LogP contribution in [0, 0.1) is 5.92 Å². The van der Waals surface area contributed by atoms with Crippen molar-refractivity contribution in [2.24, 2.45) is 5.92 Å². The van der Waals surface area contributed by atoms with Crippen LogP contribution < -0.4 is 10.6 Å². The summed E-state index contributed by atoms with van der Waals surface area (Å²) >= 11 is 0. The Balaban J connectivity index is 1.84. The molecule has 2 N–H and O–H groups in total. The van der Waals surface area contributed by atoms with E-state index < -0.39 is 10.0 Å². The Labute approximate surface area is 107 Å². The molecular weight excluding hydrogens is 254 g/mol. The van der Waals surface area contributed by atoms with Crippen LogP contribution in [0.1, 0.15) is 19.3 Å². The molecule has 3 fully saturated rings. The third kappa shape index (κ3) is 1.85. The van der Waals surface area contributed by atoms with Crippen molar-refractivity contribution in [2.45, 2.75) is 30.6 Å². The first-order valence-corrected chi connectivity index (χ1v) is 8.10. The number of carbonyl (C=O) groups is 1. The van der Waals surface area contributed by atoms with E-state index in [2.05, 4.69) is 10.6 Å². The fraction of sp³-hybridized carbons (Fsp3) is 0.909. The second kappa shape index (κ2) is 4.47. The van der Waals surface area contributed by atoms with Crippen LogP contribution in [0.5, 0.6) is 0 Å². The highest BCUT2D eigenvalue weighted by atomic mass is 32.2. The van der Waals surface area contributed by atoms with Gasteiger partial charge in [-0.25, -0.2) is 8.42 Å². The first-order valence-electron chi connectivity index (χ1n) is 6.60. The molecule has 0 radical (unpaired) electrons. The van der Waals surface area contributed by atoms with Crippen LogP contribution in [-0.4, -0.2) is 56.1 Å². The average Bonchev–Trinajstić information content (AvgIpc) is 2.99. The summed E-state index contributed by atoms with van der Waals surface area (Å²) in [5.41, 5.74) is 0. The third-order valence-corrected chi connectivity index (χ3v) is 6.67. The maximum Gasteiger partial charge on any atom is 0.224 e. The molecule has 3 saturated heterocycles. The van der Waals surface area contributed by atoms with Gasteiger partial charge in [0.15, 0.2) is 0 Å². The quantitative estimate of drug-likeness (QED) is 0.668. The Morgan fingerprint density at radius 2 is 2.06 bits per heavy atom. The summed E-state index contributed by atoms with van der Waals surface area (Å²) in [6.07, 6.45) is 2.27. The third-order valence-electron chi connectivity index (χ3n) is 4.31. The molecular formula is C11H19N3O3S. The van der Waals surface area contributed by atoms with Crippen LogP contribution in [0.15, 0.2) is 0 Å². The Morgan fingerprint density at radius 3 is 2.78 bits per heavy atom. The molecule has 7 heteroatoms. The van der Waals surface area contributed by atoms with Crippen LogP contribution in [0.4, 0.5) is 0 Å². The molecule has 0 aromatic carbocycles. The van der Waals surface area contributed by atoms with Crippen LogP contribution in [0.3, 0.4) is 0 Å². The number of hydrogen-bond donors (Lipinski definition) is 2. The molecule has 3 aliphatic heterocycles. The number of rotatable bonds is 2. The van der Waals surface area contributed by atoms with E-state index in [-0.39, 0.29) is 23.1 Å². The molecule has 18 heavy (non-hydrogen) atoms. The van der Waals surface area contributed by atoms with Crippen molar-refractivity contribution in [2.75, 3.05) is 26.2 Å². The molecule has 0 aliphatic carbocycles. The second-order valence-electron chi connectivity index (χ2n) is 5.33. The fourth-order valence-electron chi connectivity index (χ4n) is 3.30. The van der Waals surface area contributed by atoms with Crippen molar-refractivity contribution < 1.29 is 13.2 Å². The molecule has 3 aliphatic rings. The lowest BCUT2D eigenvalue weighted by atomic mass is 9.93. The maximum absolute atomic E-state index is 12.6. The minimum Gasteiger partial charge on any atom is -0.354 e. The van der Waals surface area contributed by atoms with Gasteiger partial charge in [0.05, 0.1) is 17.2 Å². The lowest BCUT2D eigenvalue weighted by Crippen LogP contribution is -2.52. The molecule has 6 nitrogen and oxygen atoms in total. The number of amides is 1. The first kappa shape index (κ1) is 12.4. The predicted octanol–water partition coefficient (Wildman–Crippen LogP) is -1.11. The molecule has 1 amide bonds. The van der Waals surface area contributed by atoms with E-state index in [1.165, 1.54) is 0 Å². The summed E-state index contributed by atoms with van der Waals surface area (Å²) in [6, 6.07) is -0.156. The number of carbonyl (C=O) groups excluding carboxylic acids is 1. The van der Waals surface area contributed by atoms with Gasteiger partial charge >= 0.3 is 0 Å². The number of hydrogen-bond acceptors (Lipinski definition) is 4. The second-order valence-corrected chi connectivity index (χ2v) is 7.50. The van der Waals surface area contributed by atoms with Crippen LogP contribution in [-0.2, 0) is 14.8 Å². The van der Waals surface area contributed by atoms with Crippen molar-refractivity contribution in [1.29, 1.82) is 0 Å². The zero-order valence-corrected chi connectivity index (χ0v) is 11.1. The van der Waals surface area contributed by atoms with Gasteiger partial charge in [-0.05, 0) is 25.8 Å². The fourth-order valence-corrected chi connectivity index (χ4v) is 5.41. The number of nitrogens with one attached hydrogen (secondary N) is 2. The summed E-state index contributed by atoms with van der Waals surface area (Å²) in [4.78, 5) is 11.7. The maximum atomic E-state index is 12.6. The molecule has 3 heterocycles. The topological polar surface area (TPSA) is 78.5 Å². The number of fused-ring (bicyclic) bond motifs is 1. The van der Waals surface area contributed by atoms with Gasteiger partial charge in [-0.15, -0.1) is 0 Å². The van der Waals surface area contributed by atoms with Gasteiger partial charge in [0.1, 0.15) is 0 Å². The zero-order chi connectivity index (χ0) is 12.8. The molecule has 0 saturated carbocycles. The van der Waals surface area contributed by atoms with Crippen LogP contribution >= 0.6 is 0 Å². The SMILES string of the molecule is O=C1NCC2C1CCCN2S(=O)(=O)C1CCNC1. The standard InChI is InChI=1S/C11H19N3O3S/c15-11-9-2-1-5-14(10(9)7-13-11)18(16,17)8-3-4-12-6-8/h8-10,12H,1-7H2,(H,13,15). The van der Waals surface area contributed by atoms with E-state index in [0.717, 1.165) is 19.4 Å². The first-order chi connectivity index (χ1) is 8.60. The summed E-state index contributed by atoms with van der Waals surface area (Å²) in [7, 11) is -3.26. The Bertz CT molecular complexity index is 444. The molecule has 0 bridgehead atoms. The highest BCUT2D eigenvalue weighted by molar-refractivity contribution is 7.89. The van der Waals surface area contributed by atoms with Gasteiger partial charge in [-0.2, -0.15) is 4.31 Å². The summed E-state index contributed by atoms with van der Waals surface area (Å²) in [5, 5.41) is 5.58. The van der Waals surface area contributed by atoms with Gasteiger partial charge in [-0.3, -0.25) is 4.79 Å². The summed E-state index contributed by atoms with van der Waals surface area (Å²) in [6.45, 7) is 2.35. The van der Waals surface area contributed by atoms with E-state index in [4.69, 9.17) is 0 Å². The normalized spacial score (nSPS) is 37.6. The van der Waals surface area contributed by atoms with E-state index in [1.807, 2.05) is 0 Å². The van der Waals surface area contributed by atoms with Gasteiger partial charge in [0.25, 0.3) is 0 Å². The Kier molecular flexibility index (Phi) is 3.07. The monoisotopic (exact) mass is 273 g/mol. The minimum atomic E-state index is -3.26. The van der Waals surface area contributed by atoms with Crippen molar-refractivity contribution >= 4 is 15.9 Å². The molecule has 3 atom stereocenters. The Hall–Kier alpha value is -0.660. The Morgan fingerprint density at radius 1 is 1.22 bits per heavy atom. The van der Waals surface area contributed by atoms with Gasteiger partial charge in [0, 0.05) is 19.6 Å². The highest BCUT2D eigenvalue weighted by Gasteiger charge is 2.47. The van der Waals surface area contributed by atoms with Crippen molar-refractivity contribution in [3.05, 3.63) is 0 Å². The number of nitrogens with zero attached hydrogens (tertiary/aromatic N) is 1. The van der Waals surface area contributed by atoms with Gasteiger partial charge in [0.2, 0.25) is 15.9 Å². The van der Waals surface area contributed by atoms with E-state index in [9.17, 15) is 13.2 Å². The smallest absolute Gasteiger partial charge is 0.224 e. The summed E-state index contributed by atoms with van der Waals surface area (Å²) in [5.74, 6) is -0.118. The largest absolute Gasteiger partial charge is 0.354 e. The number of sulfonamides is 1. The lowest BCUT2D eigenvalue weighted by molar-refractivity contribution is -0.123. The van der Waals surface area contributed by atoms with E-state index >= 15 is 0 Å². The van der Waals surface area contributed by atoms with Crippen LogP contribution in [0.2, 0.25) is 0 Å². The van der Waals surface area contributed by atoms with Gasteiger partial charge in [-0.1, -0.05) is 0 Å². The molecule has 0 spiro atoms. The lowest BCUT2D eigenvalue weighted by Gasteiger charge is -2.36. The molecule has 0 aromatic rings. The average molecular weight is 273 g/mol. The molecule has 3 rings (SSSR count). The van der Waals surface area contributed by atoms with E-state index in [1.54, 1.807) is 4.31 Å². The van der Waals surface area contributed by atoms with Gasteiger partial charge < -0.3 is 10.6 Å². The van der Waals surface area contributed by atoms with E-state index in [0.29, 0.717) is 26.1 Å². The van der Waals surface area contributed by atoms with Crippen molar-refractivity contribution in [3.63, 3.8) is 0 Å². The van der Waals surface area contributed by atoms with Crippen molar-refractivity contribution in [1.82, 2.24) is 14.9 Å². The summed E-state index contributed by atoms with van der Waals surface area (Å²) < 4.78 is 26.8. The van der Waals surface area contributed by atoms with Crippen LogP contribution in [0.25, 0.3) is 0 Å². The number of piperidine rings is 1. The predicted molar refractivity (Wildman–Crippen MR) is 66.4 cm³/mol.